The number of benzene rings is 4. The van der Waals surface area contributed by atoms with Gasteiger partial charge in [0, 0.05) is 22.5 Å². The summed E-state index contributed by atoms with van der Waals surface area (Å²) >= 11 is 0. The molecule has 34 heavy (non-hydrogen) atoms. The largest absolute Gasteiger partial charge is 0.213 e. The Labute approximate surface area is 200 Å². The van der Waals surface area contributed by atoms with Crippen molar-refractivity contribution in [3.05, 3.63) is 102 Å². The Balaban J connectivity index is 1.51. The van der Waals surface area contributed by atoms with Gasteiger partial charge in [-0.2, -0.15) is 0 Å². The van der Waals surface area contributed by atoms with Gasteiger partial charge < -0.3 is 0 Å². The summed E-state index contributed by atoms with van der Waals surface area (Å²) in [5.74, 6) is 2.48. The molecular formula is C31H27N3. The average molecular weight is 442 g/mol. The first-order valence-electron chi connectivity index (χ1n) is 11.9. The van der Waals surface area contributed by atoms with Crippen LogP contribution < -0.4 is 0 Å². The van der Waals surface area contributed by atoms with Crippen molar-refractivity contribution < 1.29 is 0 Å². The maximum absolute atomic E-state index is 4.96. The highest BCUT2D eigenvalue weighted by atomic mass is 15.0. The minimum atomic E-state index is -0.0585. The Bertz CT molecular complexity index is 1560. The Morgan fingerprint density at radius 3 is 1.97 bits per heavy atom. The molecule has 6 rings (SSSR count). The molecule has 0 spiro atoms. The summed E-state index contributed by atoms with van der Waals surface area (Å²) in [6.07, 6.45) is 0. The normalized spacial score (nSPS) is 13.8. The second-order valence-electron chi connectivity index (χ2n) is 9.99. The SMILES string of the molecule is CC(C)c1nc(-c2ccc3c(c2)C(C)(C)c2ccccc2-3)nc(-c2ccc3ccccc3c2)n1. The monoisotopic (exact) mass is 441 g/mol. The lowest BCUT2D eigenvalue weighted by Crippen LogP contribution is -2.15. The topological polar surface area (TPSA) is 38.7 Å². The van der Waals surface area contributed by atoms with E-state index >= 15 is 0 Å². The van der Waals surface area contributed by atoms with Gasteiger partial charge >= 0.3 is 0 Å². The van der Waals surface area contributed by atoms with E-state index in [1.165, 1.54) is 33.0 Å². The summed E-state index contributed by atoms with van der Waals surface area (Å²) in [6, 6.07) is 30.2. The molecule has 0 saturated heterocycles. The molecule has 4 aromatic carbocycles. The Hall–Kier alpha value is -3.85. The van der Waals surface area contributed by atoms with E-state index in [4.69, 9.17) is 15.0 Å². The fourth-order valence-corrected chi connectivity index (χ4v) is 5.08. The zero-order valence-corrected chi connectivity index (χ0v) is 20.0. The zero-order valence-electron chi connectivity index (χ0n) is 20.0. The van der Waals surface area contributed by atoms with Gasteiger partial charge in [-0.3, -0.25) is 0 Å². The first kappa shape index (κ1) is 20.7. The molecule has 0 unspecified atom stereocenters. The molecule has 0 atom stereocenters. The van der Waals surface area contributed by atoms with Crippen molar-refractivity contribution in [3.63, 3.8) is 0 Å². The zero-order chi connectivity index (χ0) is 23.4. The van der Waals surface area contributed by atoms with Crippen LogP contribution in [0.3, 0.4) is 0 Å². The summed E-state index contributed by atoms with van der Waals surface area (Å²) in [5, 5.41) is 2.40. The number of aromatic nitrogens is 3. The fraction of sp³-hybridized carbons (Fsp3) is 0.194. The lowest BCUT2D eigenvalue weighted by molar-refractivity contribution is 0.660. The van der Waals surface area contributed by atoms with Gasteiger partial charge in [0.05, 0.1) is 0 Å². The quantitative estimate of drug-likeness (QED) is 0.287. The third-order valence-electron chi connectivity index (χ3n) is 7.02. The standard InChI is InChI=1S/C31H27N3/c1-19(2)28-32-29(22-14-13-20-9-5-6-10-21(20)17-22)34-30(33-28)23-15-16-25-24-11-7-8-12-26(24)31(3,4)27(25)18-23/h5-19H,1-4H3. The highest BCUT2D eigenvalue weighted by Gasteiger charge is 2.35. The van der Waals surface area contributed by atoms with Crippen LogP contribution >= 0.6 is 0 Å². The van der Waals surface area contributed by atoms with Crippen LogP contribution in [0.1, 0.15) is 50.6 Å². The Morgan fingerprint density at radius 1 is 0.588 bits per heavy atom. The van der Waals surface area contributed by atoms with Crippen molar-refractivity contribution in [2.45, 2.75) is 39.0 Å². The van der Waals surface area contributed by atoms with Crippen molar-refractivity contribution in [2.24, 2.45) is 0 Å². The summed E-state index contributed by atoms with van der Waals surface area (Å²) < 4.78 is 0. The molecule has 0 fully saturated rings. The van der Waals surface area contributed by atoms with Gasteiger partial charge in [-0.1, -0.05) is 100 Å². The van der Waals surface area contributed by atoms with Crippen LogP contribution in [0.25, 0.3) is 44.7 Å². The predicted molar refractivity (Wildman–Crippen MR) is 140 cm³/mol. The van der Waals surface area contributed by atoms with E-state index in [1.807, 2.05) is 0 Å². The van der Waals surface area contributed by atoms with Gasteiger partial charge in [0.2, 0.25) is 0 Å². The molecule has 0 N–H and O–H groups in total. The Kier molecular flexibility index (Phi) is 4.63. The molecule has 3 nitrogen and oxygen atoms in total. The number of rotatable bonds is 3. The number of nitrogens with zero attached hydrogens (tertiary/aromatic N) is 3. The maximum atomic E-state index is 4.96. The molecule has 0 radical (unpaired) electrons. The lowest BCUT2D eigenvalue weighted by atomic mass is 9.82. The molecule has 0 saturated carbocycles. The fourth-order valence-electron chi connectivity index (χ4n) is 5.08. The maximum Gasteiger partial charge on any atom is 0.163 e. The summed E-state index contributed by atoms with van der Waals surface area (Å²) in [4.78, 5) is 14.7. The van der Waals surface area contributed by atoms with Gasteiger partial charge in [0.1, 0.15) is 5.82 Å². The van der Waals surface area contributed by atoms with Crippen LogP contribution in [0, 0.1) is 0 Å². The molecule has 3 heteroatoms. The third kappa shape index (κ3) is 3.23. The number of fused-ring (bicyclic) bond motifs is 4. The number of hydrogen-bond donors (Lipinski definition) is 0. The van der Waals surface area contributed by atoms with E-state index in [9.17, 15) is 0 Å². The molecule has 1 aliphatic carbocycles. The van der Waals surface area contributed by atoms with E-state index < -0.39 is 0 Å². The minimum absolute atomic E-state index is 0.0585. The van der Waals surface area contributed by atoms with Crippen LogP contribution in [0.2, 0.25) is 0 Å². The van der Waals surface area contributed by atoms with Gasteiger partial charge in [0.25, 0.3) is 0 Å². The van der Waals surface area contributed by atoms with Crippen LogP contribution in [0.4, 0.5) is 0 Å². The van der Waals surface area contributed by atoms with Crippen LogP contribution in [-0.4, -0.2) is 15.0 Å². The van der Waals surface area contributed by atoms with E-state index in [0.717, 1.165) is 28.6 Å². The molecule has 0 bridgehead atoms. The molecule has 1 aliphatic rings. The number of hydrogen-bond acceptors (Lipinski definition) is 3. The highest BCUT2D eigenvalue weighted by molar-refractivity contribution is 5.87. The van der Waals surface area contributed by atoms with Crippen molar-refractivity contribution in [3.8, 4) is 33.9 Å². The lowest BCUT2D eigenvalue weighted by Gasteiger charge is -2.21. The van der Waals surface area contributed by atoms with Crippen molar-refractivity contribution in [2.75, 3.05) is 0 Å². The first-order valence-corrected chi connectivity index (χ1v) is 11.9. The van der Waals surface area contributed by atoms with Gasteiger partial charge in [-0.15, -0.1) is 0 Å². The Morgan fingerprint density at radius 2 is 1.21 bits per heavy atom. The third-order valence-corrected chi connectivity index (χ3v) is 7.02. The average Bonchev–Trinajstić information content (AvgIpc) is 3.10. The van der Waals surface area contributed by atoms with Gasteiger partial charge in [0.15, 0.2) is 11.6 Å². The van der Waals surface area contributed by atoms with Crippen molar-refractivity contribution in [1.82, 2.24) is 15.0 Å². The van der Waals surface area contributed by atoms with Crippen molar-refractivity contribution in [1.29, 1.82) is 0 Å². The molecule has 0 aliphatic heterocycles. The van der Waals surface area contributed by atoms with Gasteiger partial charge in [-0.25, -0.2) is 15.0 Å². The smallest absolute Gasteiger partial charge is 0.163 e. The van der Waals surface area contributed by atoms with Gasteiger partial charge in [-0.05, 0) is 45.2 Å². The van der Waals surface area contributed by atoms with E-state index in [-0.39, 0.29) is 11.3 Å². The van der Waals surface area contributed by atoms with E-state index in [1.54, 1.807) is 0 Å². The molecule has 5 aromatic rings. The van der Waals surface area contributed by atoms with E-state index in [0.29, 0.717) is 0 Å². The predicted octanol–water partition coefficient (Wildman–Crippen LogP) is 7.79. The molecular weight excluding hydrogens is 414 g/mol. The first-order chi connectivity index (χ1) is 16.4. The summed E-state index contributed by atoms with van der Waals surface area (Å²) in [6.45, 7) is 8.86. The molecule has 1 heterocycles. The highest BCUT2D eigenvalue weighted by Crippen LogP contribution is 2.49. The van der Waals surface area contributed by atoms with Crippen LogP contribution in [-0.2, 0) is 5.41 Å². The molecule has 166 valence electrons. The molecule has 1 aromatic heterocycles. The summed E-state index contributed by atoms with van der Waals surface area (Å²) in [5.41, 5.74) is 7.31. The van der Waals surface area contributed by atoms with Crippen LogP contribution in [0.5, 0.6) is 0 Å². The molecule has 0 amide bonds. The van der Waals surface area contributed by atoms with E-state index in [2.05, 4.69) is 113 Å². The second-order valence-corrected chi connectivity index (χ2v) is 9.99. The summed E-state index contributed by atoms with van der Waals surface area (Å²) in [7, 11) is 0. The second kappa shape index (κ2) is 7.59. The van der Waals surface area contributed by atoms with Crippen molar-refractivity contribution >= 4 is 10.8 Å². The van der Waals surface area contributed by atoms with Crippen LogP contribution in [0.15, 0.2) is 84.9 Å². The minimum Gasteiger partial charge on any atom is -0.213 e.